The minimum Gasteiger partial charge on any atom is -0.328 e. The first kappa shape index (κ1) is 12.6. The molecule has 2 aliphatic rings. The lowest BCUT2D eigenvalue weighted by Gasteiger charge is -2.47. The summed E-state index contributed by atoms with van der Waals surface area (Å²) in [6.07, 6.45) is 4.52. The van der Waals surface area contributed by atoms with E-state index >= 15 is 0 Å². The van der Waals surface area contributed by atoms with E-state index in [1.54, 1.807) is 0 Å². The highest BCUT2D eigenvalue weighted by Crippen LogP contribution is 2.41. The number of hydrogen-bond donors (Lipinski definition) is 1. The van der Waals surface area contributed by atoms with Crippen LogP contribution < -0.4 is 5.73 Å². The second kappa shape index (κ2) is 4.41. The monoisotopic (exact) mass is 238 g/mol. The summed E-state index contributed by atoms with van der Waals surface area (Å²) >= 11 is 0. The summed E-state index contributed by atoms with van der Waals surface area (Å²) in [5.41, 5.74) is 5.53. The number of carbonyl (C=O) groups excluding carboxylic acids is 2. The van der Waals surface area contributed by atoms with E-state index in [2.05, 4.69) is 6.92 Å². The molecule has 0 aromatic heterocycles. The third-order valence-corrected chi connectivity index (χ3v) is 4.59. The van der Waals surface area contributed by atoms with Gasteiger partial charge in [-0.3, -0.25) is 14.5 Å². The van der Waals surface area contributed by atoms with Crippen LogP contribution in [0.4, 0.5) is 0 Å². The van der Waals surface area contributed by atoms with Gasteiger partial charge in [0.1, 0.15) is 0 Å². The molecule has 1 saturated heterocycles. The molecule has 2 amide bonds. The van der Waals surface area contributed by atoms with Crippen LogP contribution in [0.25, 0.3) is 0 Å². The Labute approximate surface area is 103 Å². The number of hydrogen-bond acceptors (Lipinski definition) is 3. The fourth-order valence-electron chi connectivity index (χ4n) is 3.38. The summed E-state index contributed by atoms with van der Waals surface area (Å²) in [5, 5.41) is 0. The largest absolute Gasteiger partial charge is 0.328 e. The maximum Gasteiger partial charge on any atom is 0.233 e. The van der Waals surface area contributed by atoms with Crippen molar-refractivity contribution in [2.75, 3.05) is 6.54 Å². The molecule has 96 valence electrons. The van der Waals surface area contributed by atoms with Crippen LogP contribution in [0.1, 0.15) is 46.0 Å². The lowest BCUT2D eigenvalue weighted by Crippen LogP contribution is -2.61. The zero-order valence-corrected chi connectivity index (χ0v) is 10.7. The molecule has 4 nitrogen and oxygen atoms in total. The molecule has 0 bridgehead atoms. The third kappa shape index (κ3) is 1.79. The van der Waals surface area contributed by atoms with Gasteiger partial charge in [-0.15, -0.1) is 0 Å². The van der Waals surface area contributed by atoms with E-state index in [-0.39, 0.29) is 17.7 Å². The highest BCUT2D eigenvalue weighted by atomic mass is 16.2. The lowest BCUT2D eigenvalue weighted by atomic mass is 9.72. The molecular weight excluding hydrogens is 216 g/mol. The Morgan fingerprint density at radius 1 is 1.35 bits per heavy atom. The molecule has 2 fully saturated rings. The van der Waals surface area contributed by atoms with Crippen molar-refractivity contribution in [2.24, 2.45) is 17.6 Å². The second-order valence-corrected chi connectivity index (χ2v) is 5.63. The zero-order chi connectivity index (χ0) is 12.6. The molecular formula is C13H22N2O2. The van der Waals surface area contributed by atoms with E-state index in [4.69, 9.17) is 5.73 Å². The highest BCUT2D eigenvalue weighted by Gasteiger charge is 2.51. The minimum absolute atomic E-state index is 0.0193. The molecule has 4 heteroatoms. The first-order valence-corrected chi connectivity index (χ1v) is 6.60. The molecule has 1 heterocycles. The van der Waals surface area contributed by atoms with Gasteiger partial charge in [0.05, 0.1) is 5.54 Å². The Morgan fingerprint density at radius 2 is 2.06 bits per heavy atom. The molecule has 2 rings (SSSR count). The number of rotatable bonds is 2. The molecule has 17 heavy (non-hydrogen) atoms. The normalized spacial score (nSPS) is 38.9. The molecule has 2 N–H and O–H groups in total. The van der Waals surface area contributed by atoms with Crippen LogP contribution in [0, 0.1) is 11.8 Å². The number of carbonyl (C=O) groups is 2. The molecule has 0 radical (unpaired) electrons. The number of nitrogens with zero attached hydrogens (tertiary/aromatic N) is 1. The Bertz CT molecular complexity index is 342. The van der Waals surface area contributed by atoms with Crippen LogP contribution in [-0.4, -0.2) is 28.8 Å². The summed E-state index contributed by atoms with van der Waals surface area (Å²) in [6.45, 7) is 4.35. The standard InChI is InChI=1S/C13H22N2O2/c1-9-7-11(16)15(12(9)17)13(8-14)6-4-3-5-10(13)2/h9-10H,3-8,14H2,1-2H3. The maximum absolute atomic E-state index is 12.2. The Kier molecular flexibility index (Phi) is 3.25. The van der Waals surface area contributed by atoms with E-state index in [9.17, 15) is 9.59 Å². The third-order valence-electron chi connectivity index (χ3n) is 4.59. The molecule has 0 aromatic rings. The Morgan fingerprint density at radius 3 is 2.53 bits per heavy atom. The van der Waals surface area contributed by atoms with Crippen LogP contribution in [0.5, 0.6) is 0 Å². The summed E-state index contributed by atoms with van der Waals surface area (Å²) in [6, 6.07) is 0. The predicted octanol–water partition coefficient (Wildman–Crippen LogP) is 1.29. The van der Waals surface area contributed by atoms with Gasteiger partial charge >= 0.3 is 0 Å². The van der Waals surface area contributed by atoms with Crippen LogP contribution in [-0.2, 0) is 9.59 Å². The summed E-state index contributed by atoms with van der Waals surface area (Å²) in [5.74, 6) is 0.107. The van der Waals surface area contributed by atoms with Crippen molar-refractivity contribution < 1.29 is 9.59 Å². The molecule has 3 unspecified atom stereocenters. The van der Waals surface area contributed by atoms with Crippen molar-refractivity contribution in [3.05, 3.63) is 0 Å². The summed E-state index contributed by atoms with van der Waals surface area (Å²) in [4.78, 5) is 25.7. The first-order valence-electron chi connectivity index (χ1n) is 6.60. The minimum atomic E-state index is -0.406. The maximum atomic E-state index is 12.2. The highest BCUT2D eigenvalue weighted by molar-refractivity contribution is 6.04. The number of amides is 2. The van der Waals surface area contributed by atoms with Crippen molar-refractivity contribution in [2.45, 2.75) is 51.5 Å². The average molecular weight is 238 g/mol. The van der Waals surface area contributed by atoms with Gasteiger partial charge in [0.25, 0.3) is 0 Å². The van der Waals surface area contributed by atoms with E-state index in [0.29, 0.717) is 18.9 Å². The van der Waals surface area contributed by atoms with Crippen LogP contribution >= 0.6 is 0 Å². The van der Waals surface area contributed by atoms with Crippen LogP contribution in [0.2, 0.25) is 0 Å². The van der Waals surface area contributed by atoms with Crippen molar-refractivity contribution in [3.8, 4) is 0 Å². The molecule has 3 atom stereocenters. The van der Waals surface area contributed by atoms with Gasteiger partial charge in [0.15, 0.2) is 0 Å². The Hall–Kier alpha value is -0.900. The van der Waals surface area contributed by atoms with E-state index < -0.39 is 5.54 Å². The lowest BCUT2D eigenvalue weighted by molar-refractivity contribution is -0.150. The number of likely N-dealkylation sites (tertiary alicyclic amines) is 1. The van der Waals surface area contributed by atoms with Crippen molar-refractivity contribution >= 4 is 11.8 Å². The molecule has 1 saturated carbocycles. The van der Waals surface area contributed by atoms with Gasteiger partial charge in [0, 0.05) is 18.9 Å². The number of nitrogens with two attached hydrogens (primary N) is 1. The molecule has 1 aliphatic heterocycles. The zero-order valence-electron chi connectivity index (χ0n) is 10.7. The number of imide groups is 1. The smallest absolute Gasteiger partial charge is 0.233 e. The van der Waals surface area contributed by atoms with Gasteiger partial charge in [0.2, 0.25) is 11.8 Å². The average Bonchev–Trinajstić information content (AvgIpc) is 2.55. The van der Waals surface area contributed by atoms with Crippen molar-refractivity contribution in [1.82, 2.24) is 4.90 Å². The van der Waals surface area contributed by atoms with Gasteiger partial charge in [-0.25, -0.2) is 0 Å². The van der Waals surface area contributed by atoms with E-state index in [1.807, 2.05) is 6.92 Å². The fourth-order valence-corrected chi connectivity index (χ4v) is 3.38. The van der Waals surface area contributed by atoms with Crippen LogP contribution in [0.15, 0.2) is 0 Å². The summed E-state index contributed by atoms with van der Waals surface area (Å²) in [7, 11) is 0. The fraction of sp³-hybridized carbons (Fsp3) is 0.846. The topological polar surface area (TPSA) is 63.4 Å². The van der Waals surface area contributed by atoms with Gasteiger partial charge < -0.3 is 5.73 Å². The first-order chi connectivity index (χ1) is 8.03. The second-order valence-electron chi connectivity index (χ2n) is 5.63. The Balaban J connectivity index is 2.34. The van der Waals surface area contributed by atoms with Crippen molar-refractivity contribution in [1.29, 1.82) is 0 Å². The van der Waals surface area contributed by atoms with E-state index in [0.717, 1.165) is 19.3 Å². The van der Waals surface area contributed by atoms with Gasteiger partial charge in [-0.2, -0.15) is 0 Å². The van der Waals surface area contributed by atoms with E-state index in [1.165, 1.54) is 11.3 Å². The SMILES string of the molecule is CC1CC(=O)N(C2(CN)CCCCC2C)C1=O. The molecule has 0 spiro atoms. The quantitative estimate of drug-likeness (QED) is 0.737. The van der Waals surface area contributed by atoms with Gasteiger partial charge in [-0.05, 0) is 18.8 Å². The summed E-state index contributed by atoms with van der Waals surface area (Å²) < 4.78 is 0. The van der Waals surface area contributed by atoms with Gasteiger partial charge in [-0.1, -0.05) is 26.7 Å². The van der Waals surface area contributed by atoms with Crippen molar-refractivity contribution in [3.63, 3.8) is 0 Å². The molecule has 1 aliphatic carbocycles. The molecule has 0 aromatic carbocycles. The van der Waals surface area contributed by atoms with Crippen LogP contribution in [0.3, 0.4) is 0 Å². The predicted molar refractivity (Wildman–Crippen MR) is 65.1 cm³/mol.